The Morgan fingerprint density at radius 1 is 1.00 bits per heavy atom. The fourth-order valence-corrected chi connectivity index (χ4v) is 3.45. The Hall–Kier alpha value is -2.41. The maximum atomic E-state index is 12.0. The summed E-state index contributed by atoms with van der Waals surface area (Å²) in [5, 5.41) is 10.2. The molecule has 3 N–H and O–H groups in total. The van der Waals surface area contributed by atoms with E-state index in [9.17, 15) is 9.90 Å². The second kappa shape index (κ2) is 9.50. The van der Waals surface area contributed by atoms with E-state index < -0.39 is 12.1 Å². The van der Waals surface area contributed by atoms with E-state index in [1.165, 1.54) is 0 Å². The third-order valence-corrected chi connectivity index (χ3v) is 4.81. The predicted molar refractivity (Wildman–Crippen MR) is 104 cm³/mol. The molecule has 1 aliphatic rings. The third-order valence-electron chi connectivity index (χ3n) is 4.81. The van der Waals surface area contributed by atoms with Crippen LogP contribution in [0.15, 0.2) is 60.7 Å². The van der Waals surface area contributed by atoms with Crippen molar-refractivity contribution in [1.82, 2.24) is 9.80 Å². The number of aliphatic hydroxyl groups excluding tert-OH is 1. The number of β-amino-alcohol motifs (C(OH)–C–C–N with tert-alkyl or cyclic N) is 1. The Balaban J connectivity index is 1.47. The second-order valence-electron chi connectivity index (χ2n) is 6.83. The van der Waals surface area contributed by atoms with Crippen molar-refractivity contribution in [1.29, 1.82) is 0 Å². The summed E-state index contributed by atoms with van der Waals surface area (Å²) in [6, 6.07) is 18.7. The van der Waals surface area contributed by atoms with Gasteiger partial charge in [0, 0.05) is 32.7 Å². The van der Waals surface area contributed by atoms with Crippen LogP contribution in [0, 0.1) is 0 Å². The van der Waals surface area contributed by atoms with Gasteiger partial charge in [0.25, 0.3) is 0 Å². The highest BCUT2D eigenvalue weighted by Crippen LogP contribution is 2.22. The number of para-hydroxylation sites is 1. The van der Waals surface area contributed by atoms with Crippen molar-refractivity contribution in [3.05, 3.63) is 66.2 Å². The van der Waals surface area contributed by atoms with Crippen LogP contribution in [0.25, 0.3) is 0 Å². The molecule has 1 amide bonds. The molecule has 0 spiro atoms. The van der Waals surface area contributed by atoms with Gasteiger partial charge in [-0.1, -0.05) is 48.5 Å². The van der Waals surface area contributed by atoms with Gasteiger partial charge in [0.15, 0.2) is 0 Å². The van der Waals surface area contributed by atoms with E-state index in [0.29, 0.717) is 6.54 Å². The number of ether oxygens (including phenoxy) is 1. The third kappa shape index (κ3) is 5.53. The van der Waals surface area contributed by atoms with Gasteiger partial charge in [-0.15, -0.1) is 0 Å². The average molecular weight is 369 g/mol. The molecular weight excluding hydrogens is 342 g/mol. The van der Waals surface area contributed by atoms with Crippen LogP contribution in [0.1, 0.15) is 11.6 Å². The molecule has 0 radical (unpaired) electrons. The van der Waals surface area contributed by atoms with Gasteiger partial charge in [-0.25, -0.2) is 0 Å². The lowest BCUT2D eigenvalue weighted by Gasteiger charge is -2.38. The van der Waals surface area contributed by atoms with Crippen molar-refractivity contribution < 1.29 is 14.6 Å². The Morgan fingerprint density at radius 2 is 1.59 bits per heavy atom. The first kappa shape index (κ1) is 19.4. The minimum atomic E-state index is -0.558. The van der Waals surface area contributed by atoms with Crippen molar-refractivity contribution >= 4 is 5.91 Å². The van der Waals surface area contributed by atoms with Crippen molar-refractivity contribution in [2.24, 2.45) is 5.73 Å². The van der Waals surface area contributed by atoms with E-state index in [2.05, 4.69) is 9.80 Å². The molecule has 1 fully saturated rings. The number of aliphatic hydroxyl groups is 1. The normalized spacial score (nSPS) is 18.0. The molecule has 6 nitrogen and oxygen atoms in total. The topological polar surface area (TPSA) is 79.0 Å². The highest BCUT2D eigenvalue weighted by molar-refractivity contribution is 5.81. The summed E-state index contributed by atoms with van der Waals surface area (Å²) >= 11 is 0. The van der Waals surface area contributed by atoms with Gasteiger partial charge in [0.2, 0.25) is 5.91 Å². The lowest BCUT2D eigenvalue weighted by Crippen LogP contribution is -2.52. The van der Waals surface area contributed by atoms with Crippen LogP contribution in [0.4, 0.5) is 0 Å². The summed E-state index contributed by atoms with van der Waals surface area (Å²) in [6.07, 6.45) is -0.558. The molecule has 3 rings (SSSR count). The zero-order valence-electron chi connectivity index (χ0n) is 15.4. The van der Waals surface area contributed by atoms with Gasteiger partial charge >= 0.3 is 0 Å². The Labute approximate surface area is 160 Å². The first-order chi connectivity index (χ1) is 13.1. The molecule has 2 aromatic carbocycles. The smallest absolute Gasteiger partial charge is 0.239 e. The van der Waals surface area contributed by atoms with E-state index >= 15 is 0 Å². The lowest BCUT2D eigenvalue weighted by molar-refractivity contribution is -0.124. The maximum absolute atomic E-state index is 12.0. The molecule has 6 heteroatoms. The molecule has 0 aliphatic carbocycles. The molecule has 1 aliphatic heterocycles. The molecule has 27 heavy (non-hydrogen) atoms. The quantitative estimate of drug-likeness (QED) is 0.733. The molecule has 2 unspecified atom stereocenters. The van der Waals surface area contributed by atoms with E-state index in [1.54, 1.807) is 0 Å². The van der Waals surface area contributed by atoms with Gasteiger partial charge in [-0.3, -0.25) is 14.6 Å². The molecule has 0 bridgehead atoms. The van der Waals surface area contributed by atoms with Crippen LogP contribution in [-0.2, 0) is 4.79 Å². The molecule has 1 saturated heterocycles. The monoisotopic (exact) mass is 369 g/mol. The average Bonchev–Trinajstić information content (AvgIpc) is 2.69. The standard InChI is InChI=1S/C21H27N3O3/c22-21(26)20(17-7-3-1-4-8-17)24-13-11-23(12-14-24)15-18(25)16-27-19-9-5-2-6-10-19/h1-10,18,20,25H,11-16H2,(H2,22,26). The SMILES string of the molecule is NC(=O)C(c1ccccc1)N1CCN(CC(O)COc2ccccc2)CC1. The Kier molecular flexibility index (Phi) is 6.81. The van der Waals surface area contributed by atoms with Crippen molar-refractivity contribution in [3.63, 3.8) is 0 Å². The predicted octanol–water partition coefficient (Wildman–Crippen LogP) is 1.27. The van der Waals surface area contributed by atoms with Crippen molar-refractivity contribution in [2.75, 3.05) is 39.3 Å². The summed E-state index contributed by atoms with van der Waals surface area (Å²) in [7, 11) is 0. The molecule has 2 aromatic rings. The van der Waals surface area contributed by atoms with Crippen LogP contribution < -0.4 is 10.5 Å². The second-order valence-corrected chi connectivity index (χ2v) is 6.83. The zero-order chi connectivity index (χ0) is 19.1. The number of benzene rings is 2. The number of piperazine rings is 1. The zero-order valence-corrected chi connectivity index (χ0v) is 15.4. The fourth-order valence-electron chi connectivity index (χ4n) is 3.45. The highest BCUT2D eigenvalue weighted by Gasteiger charge is 2.29. The van der Waals surface area contributed by atoms with Gasteiger partial charge in [-0.2, -0.15) is 0 Å². The molecule has 0 saturated carbocycles. The number of hydrogen-bond acceptors (Lipinski definition) is 5. The van der Waals surface area contributed by atoms with Crippen molar-refractivity contribution in [2.45, 2.75) is 12.1 Å². The number of carbonyl (C=O) groups excluding carboxylic acids is 1. The number of nitrogens with two attached hydrogens (primary N) is 1. The molecule has 144 valence electrons. The van der Waals surface area contributed by atoms with E-state index in [-0.39, 0.29) is 12.5 Å². The van der Waals surface area contributed by atoms with Gasteiger partial charge in [-0.05, 0) is 17.7 Å². The first-order valence-electron chi connectivity index (χ1n) is 9.30. The highest BCUT2D eigenvalue weighted by atomic mass is 16.5. The number of rotatable bonds is 8. The summed E-state index contributed by atoms with van der Waals surface area (Å²) < 4.78 is 5.61. The van der Waals surface area contributed by atoms with E-state index in [1.807, 2.05) is 60.7 Å². The summed E-state index contributed by atoms with van der Waals surface area (Å²) in [4.78, 5) is 16.3. The number of carbonyl (C=O) groups is 1. The minimum absolute atomic E-state index is 0.262. The molecule has 2 atom stereocenters. The fraction of sp³-hybridized carbons (Fsp3) is 0.381. The lowest BCUT2D eigenvalue weighted by atomic mass is 10.0. The minimum Gasteiger partial charge on any atom is -0.491 e. The Morgan fingerprint density at radius 3 is 2.19 bits per heavy atom. The van der Waals surface area contributed by atoms with Crippen LogP contribution in [0.2, 0.25) is 0 Å². The first-order valence-corrected chi connectivity index (χ1v) is 9.30. The van der Waals surface area contributed by atoms with Gasteiger partial charge < -0.3 is 15.6 Å². The van der Waals surface area contributed by atoms with Crippen LogP contribution in [0.5, 0.6) is 5.75 Å². The maximum Gasteiger partial charge on any atom is 0.239 e. The van der Waals surface area contributed by atoms with E-state index in [4.69, 9.17) is 10.5 Å². The largest absolute Gasteiger partial charge is 0.491 e. The number of amides is 1. The summed E-state index contributed by atoms with van der Waals surface area (Å²) in [6.45, 7) is 3.83. The molecule has 0 aromatic heterocycles. The Bertz CT molecular complexity index is 703. The summed E-state index contributed by atoms with van der Waals surface area (Å²) in [5.41, 5.74) is 6.58. The molecule has 1 heterocycles. The van der Waals surface area contributed by atoms with Gasteiger partial charge in [0.1, 0.15) is 24.5 Å². The summed E-state index contributed by atoms with van der Waals surface area (Å²) in [5.74, 6) is 0.430. The molecular formula is C21H27N3O3. The van der Waals surface area contributed by atoms with Gasteiger partial charge in [0.05, 0.1) is 0 Å². The van der Waals surface area contributed by atoms with Crippen LogP contribution >= 0.6 is 0 Å². The van der Waals surface area contributed by atoms with Crippen molar-refractivity contribution in [3.8, 4) is 5.75 Å². The van der Waals surface area contributed by atoms with Crippen LogP contribution in [0.3, 0.4) is 0 Å². The number of hydrogen-bond donors (Lipinski definition) is 2. The number of primary amides is 1. The van der Waals surface area contributed by atoms with Crippen LogP contribution in [-0.4, -0.2) is 66.2 Å². The number of nitrogens with zero attached hydrogens (tertiary/aromatic N) is 2. The van der Waals surface area contributed by atoms with E-state index in [0.717, 1.165) is 37.5 Å².